The minimum atomic E-state index is 0.114. The summed E-state index contributed by atoms with van der Waals surface area (Å²) in [7, 11) is 0. The van der Waals surface area contributed by atoms with Crippen LogP contribution in [0.15, 0.2) is 43.0 Å². The van der Waals surface area contributed by atoms with Gasteiger partial charge in [0.2, 0.25) is 5.95 Å². The zero-order valence-electron chi connectivity index (χ0n) is 17.2. The van der Waals surface area contributed by atoms with Gasteiger partial charge in [-0.2, -0.15) is 5.10 Å². The van der Waals surface area contributed by atoms with Crippen LogP contribution in [0.2, 0.25) is 0 Å². The van der Waals surface area contributed by atoms with E-state index in [0.29, 0.717) is 5.95 Å². The quantitative estimate of drug-likeness (QED) is 0.488. The number of rotatable bonds is 7. The molecule has 8 heteroatoms. The van der Waals surface area contributed by atoms with E-state index in [1.807, 2.05) is 29.2 Å². The lowest BCUT2D eigenvalue weighted by Crippen LogP contribution is -2.43. The molecule has 8 nitrogen and oxygen atoms in total. The van der Waals surface area contributed by atoms with Crippen LogP contribution in [0.25, 0.3) is 33.5 Å². The number of pyridine rings is 1. The fourth-order valence-corrected chi connectivity index (χ4v) is 3.74. The van der Waals surface area contributed by atoms with Crippen molar-refractivity contribution in [3.8, 4) is 22.5 Å². The van der Waals surface area contributed by atoms with E-state index >= 15 is 0 Å². The average Bonchev–Trinajstić information content (AvgIpc) is 3.37. The first-order valence-electron chi connectivity index (χ1n) is 10.3. The van der Waals surface area contributed by atoms with Crippen LogP contribution in [0.4, 0.5) is 5.95 Å². The zero-order valence-corrected chi connectivity index (χ0v) is 17.2. The third kappa shape index (κ3) is 3.54. The summed E-state index contributed by atoms with van der Waals surface area (Å²) in [6.45, 7) is 7.49. The Kier molecular flexibility index (Phi) is 4.71. The third-order valence-electron chi connectivity index (χ3n) is 5.34. The molecular formula is C22H25N7O. The Morgan fingerprint density at radius 2 is 2.17 bits per heavy atom. The lowest BCUT2D eigenvalue weighted by molar-refractivity contribution is -0.111. The normalized spacial score (nSPS) is 15.3. The highest BCUT2D eigenvalue weighted by atomic mass is 16.5. The smallest absolute Gasteiger partial charge is 0.223 e. The number of hydrogen-bond donors (Lipinski definition) is 2. The van der Waals surface area contributed by atoms with Crippen LogP contribution >= 0.6 is 0 Å². The summed E-state index contributed by atoms with van der Waals surface area (Å²) in [4.78, 5) is 16.8. The first kappa shape index (κ1) is 18.7. The van der Waals surface area contributed by atoms with Gasteiger partial charge in [-0.05, 0) is 24.6 Å². The Morgan fingerprint density at radius 3 is 2.97 bits per heavy atom. The summed E-state index contributed by atoms with van der Waals surface area (Å²) in [5.41, 5.74) is 4.63. The monoisotopic (exact) mass is 403 g/mol. The van der Waals surface area contributed by atoms with E-state index in [-0.39, 0.29) is 5.41 Å². The largest absolute Gasteiger partial charge is 0.380 e. The van der Waals surface area contributed by atoms with Crippen molar-refractivity contribution in [1.29, 1.82) is 0 Å². The SMILES string of the molecule is CCCNc1nccc(-c2cn(CC3(C)COC3)nc2-c2cnc3[nH]ccc3c2)n1. The van der Waals surface area contributed by atoms with E-state index in [1.165, 1.54) is 0 Å². The molecule has 4 aromatic heterocycles. The molecule has 0 aliphatic carbocycles. The second kappa shape index (κ2) is 7.53. The van der Waals surface area contributed by atoms with Crippen LogP contribution in [0.1, 0.15) is 20.3 Å². The van der Waals surface area contributed by atoms with Crippen molar-refractivity contribution in [2.45, 2.75) is 26.8 Å². The molecule has 1 aliphatic heterocycles. The van der Waals surface area contributed by atoms with E-state index in [4.69, 9.17) is 14.8 Å². The van der Waals surface area contributed by atoms with Crippen LogP contribution in [0, 0.1) is 5.41 Å². The van der Waals surface area contributed by atoms with E-state index in [1.54, 1.807) is 6.20 Å². The van der Waals surface area contributed by atoms with Crippen LogP contribution in [-0.4, -0.2) is 49.5 Å². The van der Waals surface area contributed by atoms with Gasteiger partial charge in [0.1, 0.15) is 11.3 Å². The van der Waals surface area contributed by atoms with E-state index in [9.17, 15) is 0 Å². The number of aromatic amines is 1. The third-order valence-corrected chi connectivity index (χ3v) is 5.34. The van der Waals surface area contributed by atoms with E-state index in [2.05, 4.69) is 46.4 Å². The molecular weight excluding hydrogens is 378 g/mol. The summed E-state index contributed by atoms with van der Waals surface area (Å²) < 4.78 is 7.44. The number of fused-ring (bicyclic) bond motifs is 1. The molecule has 1 saturated heterocycles. The van der Waals surface area contributed by atoms with Crippen molar-refractivity contribution in [3.63, 3.8) is 0 Å². The van der Waals surface area contributed by atoms with Crippen LogP contribution in [0.3, 0.4) is 0 Å². The van der Waals surface area contributed by atoms with Crippen LogP contribution in [0.5, 0.6) is 0 Å². The molecule has 4 aromatic rings. The van der Waals surface area contributed by atoms with Crippen LogP contribution in [-0.2, 0) is 11.3 Å². The molecule has 0 aromatic carbocycles. The van der Waals surface area contributed by atoms with Gasteiger partial charge in [-0.25, -0.2) is 15.0 Å². The maximum atomic E-state index is 5.43. The minimum absolute atomic E-state index is 0.114. The molecule has 30 heavy (non-hydrogen) atoms. The first-order chi connectivity index (χ1) is 14.6. The Balaban J connectivity index is 1.58. The number of nitrogens with zero attached hydrogens (tertiary/aromatic N) is 5. The molecule has 2 N–H and O–H groups in total. The summed E-state index contributed by atoms with van der Waals surface area (Å²) in [6, 6.07) is 6.06. The minimum Gasteiger partial charge on any atom is -0.380 e. The van der Waals surface area contributed by atoms with Crippen molar-refractivity contribution >= 4 is 17.0 Å². The van der Waals surface area contributed by atoms with Crippen molar-refractivity contribution in [3.05, 3.63) is 43.0 Å². The molecule has 0 atom stereocenters. The lowest BCUT2D eigenvalue weighted by Gasteiger charge is -2.37. The van der Waals surface area contributed by atoms with Crippen LogP contribution < -0.4 is 5.32 Å². The van der Waals surface area contributed by atoms with Gasteiger partial charge < -0.3 is 15.0 Å². The van der Waals surface area contributed by atoms with Crippen molar-refractivity contribution in [2.75, 3.05) is 25.1 Å². The van der Waals surface area contributed by atoms with E-state index in [0.717, 1.165) is 66.3 Å². The predicted octanol–water partition coefficient (Wildman–Crippen LogP) is 3.74. The molecule has 0 unspecified atom stereocenters. The maximum Gasteiger partial charge on any atom is 0.223 e. The number of nitrogens with one attached hydrogen (secondary N) is 2. The highest BCUT2D eigenvalue weighted by Gasteiger charge is 2.34. The number of ether oxygens (including phenoxy) is 1. The van der Waals surface area contributed by atoms with Gasteiger partial charge in [-0.3, -0.25) is 4.68 Å². The molecule has 0 radical (unpaired) electrons. The summed E-state index contributed by atoms with van der Waals surface area (Å²) in [5.74, 6) is 0.631. The van der Waals surface area contributed by atoms with Crippen molar-refractivity contribution in [2.24, 2.45) is 5.41 Å². The van der Waals surface area contributed by atoms with Gasteiger partial charge in [0.25, 0.3) is 0 Å². The van der Waals surface area contributed by atoms with Crippen molar-refractivity contribution < 1.29 is 4.74 Å². The van der Waals surface area contributed by atoms with Crippen molar-refractivity contribution in [1.82, 2.24) is 29.7 Å². The molecule has 0 bridgehead atoms. The fourth-order valence-electron chi connectivity index (χ4n) is 3.74. The van der Waals surface area contributed by atoms with Gasteiger partial charge in [-0.15, -0.1) is 0 Å². The lowest BCUT2D eigenvalue weighted by atomic mass is 9.89. The molecule has 1 fully saturated rings. The predicted molar refractivity (Wildman–Crippen MR) is 116 cm³/mol. The fraction of sp³-hybridized carbons (Fsp3) is 0.364. The number of H-pyrrole nitrogens is 1. The number of aromatic nitrogens is 6. The van der Waals surface area contributed by atoms with Gasteiger partial charge in [-0.1, -0.05) is 13.8 Å². The highest BCUT2D eigenvalue weighted by Crippen LogP contribution is 2.34. The molecule has 5 heterocycles. The number of anilines is 1. The van der Waals surface area contributed by atoms with Gasteiger partial charge >= 0.3 is 0 Å². The maximum absolute atomic E-state index is 5.43. The highest BCUT2D eigenvalue weighted by molar-refractivity contribution is 5.85. The van der Waals surface area contributed by atoms with Gasteiger partial charge in [0.15, 0.2) is 0 Å². The molecule has 154 valence electrons. The van der Waals surface area contributed by atoms with Gasteiger partial charge in [0, 0.05) is 53.3 Å². The second-order valence-electron chi connectivity index (χ2n) is 8.22. The molecule has 0 amide bonds. The molecule has 1 aliphatic rings. The summed E-state index contributed by atoms with van der Waals surface area (Å²) in [5, 5.41) is 9.26. The van der Waals surface area contributed by atoms with Gasteiger partial charge in [0.05, 0.1) is 25.5 Å². The second-order valence-corrected chi connectivity index (χ2v) is 8.22. The summed E-state index contributed by atoms with van der Waals surface area (Å²) >= 11 is 0. The molecule has 0 spiro atoms. The summed E-state index contributed by atoms with van der Waals surface area (Å²) in [6.07, 6.45) is 8.64. The Labute approximate surface area is 174 Å². The zero-order chi connectivity index (χ0) is 20.6. The Bertz CT molecular complexity index is 1180. The Morgan fingerprint density at radius 1 is 1.27 bits per heavy atom. The Hall–Kier alpha value is -3.26. The average molecular weight is 403 g/mol. The molecule has 0 saturated carbocycles. The van der Waals surface area contributed by atoms with E-state index < -0.39 is 0 Å². The standard InChI is InChI=1S/C22H25N7O/c1-3-6-24-21-25-8-5-18(27-21)17-11-29(12-22(2)13-30-14-22)28-19(17)16-9-15-4-7-23-20(15)26-10-16/h4-5,7-11H,3,6,12-14H2,1-2H3,(H,23,26)(H,24,25,27). The number of hydrogen-bond acceptors (Lipinski definition) is 6. The molecule has 5 rings (SSSR count). The first-order valence-corrected chi connectivity index (χ1v) is 10.3. The topological polar surface area (TPSA) is 93.5 Å².